The molecule has 1 N–H and O–H groups in total. The molecule has 0 saturated heterocycles. The highest BCUT2D eigenvalue weighted by molar-refractivity contribution is 5.62. The standard InChI is InChI=1S/C26H24N2O4/c29-28(30)19-11-9-18(10-12-19)26-23-8-4-7-22(23)24-17-21(13-14-25(24)27-26)32-16-15-31-20-5-2-1-3-6-20/h1-7,9-14,17,22-23,26-27H,8,15-16H2. The SMILES string of the molecule is O=[N+]([O-])c1ccc(C2Nc3ccc(OCCOc4ccccc4)cc3C3C=CCC32)cc1. The molecule has 3 aromatic carbocycles. The fourth-order valence-corrected chi connectivity index (χ4v) is 4.63. The molecule has 3 aromatic rings. The molecule has 5 rings (SSSR count). The Morgan fingerprint density at radius 3 is 2.44 bits per heavy atom. The third-order valence-corrected chi connectivity index (χ3v) is 6.16. The molecule has 0 amide bonds. The Labute approximate surface area is 186 Å². The number of anilines is 1. The molecule has 0 aromatic heterocycles. The summed E-state index contributed by atoms with van der Waals surface area (Å²) in [5.41, 5.74) is 3.49. The number of hydrogen-bond acceptors (Lipinski definition) is 5. The lowest BCUT2D eigenvalue weighted by Gasteiger charge is -2.37. The zero-order valence-electron chi connectivity index (χ0n) is 17.5. The van der Waals surface area contributed by atoms with Gasteiger partial charge in [-0.25, -0.2) is 0 Å². The lowest BCUT2D eigenvalue weighted by molar-refractivity contribution is -0.384. The number of para-hydroxylation sites is 1. The van der Waals surface area contributed by atoms with Crippen LogP contribution in [0.5, 0.6) is 11.5 Å². The number of nitrogens with one attached hydrogen (secondary N) is 1. The summed E-state index contributed by atoms with van der Waals surface area (Å²) >= 11 is 0. The summed E-state index contributed by atoms with van der Waals surface area (Å²) in [6.45, 7) is 0.948. The first-order valence-electron chi connectivity index (χ1n) is 10.8. The molecule has 0 saturated carbocycles. The number of non-ortho nitro benzene ring substituents is 1. The van der Waals surface area contributed by atoms with Crippen molar-refractivity contribution in [2.24, 2.45) is 5.92 Å². The molecular weight excluding hydrogens is 404 g/mol. The molecule has 1 aliphatic heterocycles. The second-order valence-electron chi connectivity index (χ2n) is 8.08. The van der Waals surface area contributed by atoms with Crippen LogP contribution in [0, 0.1) is 16.0 Å². The molecule has 3 atom stereocenters. The topological polar surface area (TPSA) is 73.6 Å². The molecule has 0 bridgehead atoms. The zero-order valence-corrected chi connectivity index (χ0v) is 17.5. The Morgan fingerprint density at radius 1 is 0.938 bits per heavy atom. The van der Waals surface area contributed by atoms with Gasteiger partial charge in [0.05, 0.1) is 11.0 Å². The Kier molecular flexibility index (Phi) is 5.50. The lowest BCUT2D eigenvalue weighted by atomic mass is 9.77. The number of ether oxygens (including phenoxy) is 2. The van der Waals surface area contributed by atoms with Gasteiger partial charge in [0.1, 0.15) is 24.7 Å². The third-order valence-electron chi connectivity index (χ3n) is 6.16. The van der Waals surface area contributed by atoms with Crippen molar-refractivity contribution in [2.75, 3.05) is 18.5 Å². The highest BCUT2D eigenvalue weighted by Gasteiger charge is 2.38. The highest BCUT2D eigenvalue weighted by atomic mass is 16.6. The van der Waals surface area contributed by atoms with Crippen molar-refractivity contribution in [1.82, 2.24) is 0 Å². The Balaban J connectivity index is 1.29. The average molecular weight is 428 g/mol. The summed E-state index contributed by atoms with van der Waals surface area (Å²) in [5, 5.41) is 14.7. The van der Waals surface area contributed by atoms with E-state index in [4.69, 9.17) is 9.47 Å². The van der Waals surface area contributed by atoms with Gasteiger partial charge in [0.15, 0.2) is 0 Å². The van der Waals surface area contributed by atoms with Crippen LogP contribution in [-0.4, -0.2) is 18.1 Å². The van der Waals surface area contributed by atoms with Crippen LogP contribution in [0.25, 0.3) is 0 Å². The molecular formula is C26H24N2O4. The van der Waals surface area contributed by atoms with E-state index < -0.39 is 0 Å². The van der Waals surface area contributed by atoms with E-state index in [1.807, 2.05) is 48.5 Å². The van der Waals surface area contributed by atoms with E-state index in [0.29, 0.717) is 19.1 Å². The maximum Gasteiger partial charge on any atom is 0.269 e. The summed E-state index contributed by atoms with van der Waals surface area (Å²) in [6.07, 6.45) is 5.46. The first kappa shape index (κ1) is 20.1. The molecule has 6 nitrogen and oxygen atoms in total. The van der Waals surface area contributed by atoms with Gasteiger partial charge in [-0.05, 0) is 53.8 Å². The summed E-state index contributed by atoms with van der Waals surface area (Å²) in [5.74, 6) is 2.31. The summed E-state index contributed by atoms with van der Waals surface area (Å²) in [7, 11) is 0. The number of allylic oxidation sites excluding steroid dienone is 2. The molecule has 162 valence electrons. The van der Waals surface area contributed by atoms with Gasteiger partial charge in [0, 0.05) is 23.7 Å². The van der Waals surface area contributed by atoms with E-state index in [2.05, 4.69) is 29.6 Å². The van der Waals surface area contributed by atoms with E-state index in [0.717, 1.165) is 29.2 Å². The van der Waals surface area contributed by atoms with Gasteiger partial charge in [-0.2, -0.15) is 0 Å². The maximum atomic E-state index is 11.0. The van der Waals surface area contributed by atoms with Crippen molar-refractivity contribution in [2.45, 2.75) is 18.4 Å². The highest BCUT2D eigenvalue weighted by Crippen LogP contribution is 2.50. The molecule has 2 aliphatic rings. The van der Waals surface area contributed by atoms with Gasteiger partial charge in [-0.1, -0.05) is 42.5 Å². The van der Waals surface area contributed by atoms with E-state index in [1.54, 1.807) is 12.1 Å². The smallest absolute Gasteiger partial charge is 0.269 e. The summed E-state index contributed by atoms with van der Waals surface area (Å²) in [6, 6.07) is 22.9. The minimum Gasteiger partial charge on any atom is -0.490 e. The van der Waals surface area contributed by atoms with E-state index >= 15 is 0 Å². The molecule has 3 unspecified atom stereocenters. The number of fused-ring (bicyclic) bond motifs is 3. The average Bonchev–Trinajstić information content (AvgIpc) is 3.32. The molecule has 6 heteroatoms. The van der Waals surface area contributed by atoms with Gasteiger partial charge >= 0.3 is 0 Å². The minimum atomic E-state index is -0.361. The number of nitrogens with zero attached hydrogens (tertiary/aromatic N) is 1. The van der Waals surface area contributed by atoms with Gasteiger partial charge in [-0.15, -0.1) is 0 Å². The van der Waals surface area contributed by atoms with E-state index in [-0.39, 0.29) is 22.6 Å². The van der Waals surface area contributed by atoms with Crippen LogP contribution in [-0.2, 0) is 0 Å². The summed E-state index contributed by atoms with van der Waals surface area (Å²) < 4.78 is 11.7. The van der Waals surface area contributed by atoms with Crippen molar-refractivity contribution < 1.29 is 14.4 Å². The van der Waals surface area contributed by atoms with Crippen LogP contribution in [0.1, 0.15) is 29.5 Å². The molecule has 1 heterocycles. The predicted molar refractivity (Wildman–Crippen MR) is 123 cm³/mol. The Morgan fingerprint density at radius 2 is 1.69 bits per heavy atom. The Hall–Kier alpha value is -3.80. The molecule has 0 radical (unpaired) electrons. The number of rotatable bonds is 7. The number of hydrogen-bond donors (Lipinski definition) is 1. The van der Waals surface area contributed by atoms with E-state index in [1.165, 1.54) is 5.56 Å². The van der Waals surface area contributed by atoms with Crippen LogP contribution in [0.15, 0.2) is 84.9 Å². The second kappa shape index (κ2) is 8.75. The first-order valence-corrected chi connectivity index (χ1v) is 10.8. The van der Waals surface area contributed by atoms with Crippen LogP contribution in [0.3, 0.4) is 0 Å². The number of nitro groups is 1. The molecule has 0 spiro atoms. The fourth-order valence-electron chi connectivity index (χ4n) is 4.63. The molecule has 32 heavy (non-hydrogen) atoms. The minimum absolute atomic E-state index is 0.106. The van der Waals surface area contributed by atoms with Crippen LogP contribution < -0.4 is 14.8 Å². The van der Waals surface area contributed by atoms with Gasteiger partial charge in [0.25, 0.3) is 5.69 Å². The van der Waals surface area contributed by atoms with Gasteiger partial charge < -0.3 is 14.8 Å². The molecule has 1 aliphatic carbocycles. The van der Waals surface area contributed by atoms with Crippen LogP contribution in [0.4, 0.5) is 11.4 Å². The maximum absolute atomic E-state index is 11.0. The first-order chi connectivity index (χ1) is 15.7. The van der Waals surface area contributed by atoms with Crippen molar-refractivity contribution in [1.29, 1.82) is 0 Å². The van der Waals surface area contributed by atoms with Gasteiger partial charge in [0.2, 0.25) is 0 Å². The van der Waals surface area contributed by atoms with Crippen LogP contribution >= 0.6 is 0 Å². The molecule has 0 fully saturated rings. The van der Waals surface area contributed by atoms with Crippen molar-refractivity contribution in [3.05, 3.63) is 106 Å². The fraction of sp³-hybridized carbons (Fsp3) is 0.231. The number of nitro benzene ring substituents is 1. The zero-order chi connectivity index (χ0) is 21.9. The summed E-state index contributed by atoms with van der Waals surface area (Å²) in [4.78, 5) is 10.6. The van der Waals surface area contributed by atoms with Crippen LogP contribution in [0.2, 0.25) is 0 Å². The lowest BCUT2D eigenvalue weighted by Crippen LogP contribution is -2.29. The van der Waals surface area contributed by atoms with E-state index in [9.17, 15) is 10.1 Å². The quantitative estimate of drug-likeness (QED) is 0.220. The predicted octanol–water partition coefficient (Wildman–Crippen LogP) is 5.88. The van der Waals surface area contributed by atoms with Gasteiger partial charge in [-0.3, -0.25) is 10.1 Å². The normalized spacial score (nSPS) is 20.7. The Bertz CT molecular complexity index is 1130. The monoisotopic (exact) mass is 428 g/mol. The third kappa shape index (κ3) is 4.04. The van der Waals surface area contributed by atoms with Crippen molar-refractivity contribution in [3.63, 3.8) is 0 Å². The largest absolute Gasteiger partial charge is 0.490 e. The van der Waals surface area contributed by atoms with Crippen molar-refractivity contribution in [3.8, 4) is 11.5 Å². The van der Waals surface area contributed by atoms with Crippen molar-refractivity contribution >= 4 is 11.4 Å². The second-order valence-corrected chi connectivity index (χ2v) is 8.08. The number of benzene rings is 3.